The Morgan fingerprint density at radius 2 is 2.07 bits per heavy atom. The molecule has 1 N–H and O–H groups in total. The highest BCUT2D eigenvalue weighted by molar-refractivity contribution is 5.74. The molecule has 14 heavy (non-hydrogen) atoms. The topological polar surface area (TPSA) is 46.5 Å². The van der Waals surface area contributed by atoms with E-state index in [0.717, 1.165) is 32.1 Å². The van der Waals surface area contributed by atoms with E-state index in [9.17, 15) is 9.90 Å². The fraction of sp³-hybridized carbons (Fsp3) is 0.909. The number of rotatable bonds is 2. The molecule has 3 nitrogen and oxygen atoms in total. The largest absolute Gasteiger partial charge is 0.465 e. The third-order valence-electron chi connectivity index (χ3n) is 3.50. The molecule has 1 saturated heterocycles. The lowest BCUT2D eigenvalue weighted by Crippen LogP contribution is -2.27. The van der Waals surface area contributed by atoms with Gasteiger partial charge in [-0.2, -0.15) is 0 Å². The summed E-state index contributed by atoms with van der Waals surface area (Å²) in [6, 6.07) is 0. The summed E-state index contributed by atoms with van der Waals surface area (Å²) in [5.41, 5.74) is 0. The van der Waals surface area contributed by atoms with Crippen molar-refractivity contribution in [3.63, 3.8) is 0 Å². The van der Waals surface area contributed by atoms with Crippen molar-refractivity contribution < 1.29 is 14.6 Å². The number of aliphatic hydroxyl groups is 1. The molecule has 1 aliphatic heterocycles. The van der Waals surface area contributed by atoms with Crippen LogP contribution in [0.15, 0.2) is 0 Å². The number of carbonyl (C=O) groups is 1. The zero-order chi connectivity index (χ0) is 9.97. The Labute approximate surface area is 84.4 Å². The van der Waals surface area contributed by atoms with Gasteiger partial charge in [-0.15, -0.1) is 0 Å². The van der Waals surface area contributed by atoms with Gasteiger partial charge in [0, 0.05) is 0 Å². The number of aliphatic hydroxyl groups excluding tert-OH is 1. The van der Waals surface area contributed by atoms with Gasteiger partial charge in [-0.25, -0.2) is 0 Å². The Morgan fingerprint density at radius 1 is 1.29 bits per heavy atom. The van der Waals surface area contributed by atoms with Crippen LogP contribution >= 0.6 is 0 Å². The predicted molar refractivity (Wildman–Crippen MR) is 51.6 cm³/mol. The molecule has 0 unspecified atom stereocenters. The fourth-order valence-electron chi connectivity index (χ4n) is 2.58. The third kappa shape index (κ3) is 2.08. The van der Waals surface area contributed by atoms with Crippen LogP contribution in [0.3, 0.4) is 0 Å². The summed E-state index contributed by atoms with van der Waals surface area (Å²) in [6.45, 7) is 0.576. The van der Waals surface area contributed by atoms with Crippen molar-refractivity contribution in [2.45, 2.75) is 44.6 Å². The van der Waals surface area contributed by atoms with E-state index in [0.29, 0.717) is 12.5 Å². The van der Waals surface area contributed by atoms with E-state index in [2.05, 4.69) is 0 Å². The summed E-state index contributed by atoms with van der Waals surface area (Å²) in [6.07, 6.45) is 5.81. The van der Waals surface area contributed by atoms with Crippen LogP contribution in [0.2, 0.25) is 0 Å². The number of carbonyl (C=O) groups excluding carboxylic acids is 1. The van der Waals surface area contributed by atoms with Crippen LogP contribution in [-0.4, -0.2) is 23.8 Å². The first kappa shape index (κ1) is 9.97. The Bertz CT molecular complexity index is 215. The van der Waals surface area contributed by atoms with Gasteiger partial charge in [-0.1, -0.05) is 12.8 Å². The first-order chi connectivity index (χ1) is 6.77. The quantitative estimate of drug-likeness (QED) is 0.684. The first-order valence-corrected chi connectivity index (χ1v) is 5.62. The summed E-state index contributed by atoms with van der Waals surface area (Å²) in [5, 5.41) is 9.76. The van der Waals surface area contributed by atoms with Crippen molar-refractivity contribution in [1.82, 2.24) is 0 Å². The van der Waals surface area contributed by atoms with Gasteiger partial charge in [0.25, 0.3) is 0 Å². The van der Waals surface area contributed by atoms with Gasteiger partial charge in [0.15, 0.2) is 0 Å². The minimum Gasteiger partial charge on any atom is -0.465 e. The Balaban J connectivity index is 1.86. The van der Waals surface area contributed by atoms with E-state index in [-0.39, 0.29) is 18.0 Å². The normalized spacial score (nSPS) is 38.4. The maximum atomic E-state index is 11.3. The molecule has 2 fully saturated rings. The maximum Gasteiger partial charge on any atom is 0.309 e. The SMILES string of the molecule is O=C1OCC[C@H]1C[C@H]1CCCC[C@H]1O. The second-order valence-corrected chi connectivity index (χ2v) is 4.50. The molecule has 0 aromatic rings. The second kappa shape index (κ2) is 4.30. The van der Waals surface area contributed by atoms with Gasteiger partial charge < -0.3 is 9.84 Å². The molecule has 3 atom stereocenters. The summed E-state index contributed by atoms with van der Waals surface area (Å²) in [7, 11) is 0. The summed E-state index contributed by atoms with van der Waals surface area (Å²) in [5.74, 6) is 0.343. The molecular formula is C11H18O3. The van der Waals surface area contributed by atoms with Crippen LogP contribution in [0, 0.1) is 11.8 Å². The van der Waals surface area contributed by atoms with Crippen LogP contribution in [0.4, 0.5) is 0 Å². The number of ether oxygens (including phenoxy) is 1. The number of cyclic esters (lactones) is 1. The van der Waals surface area contributed by atoms with E-state index in [1.54, 1.807) is 0 Å². The van der Waals surface area contributed by atoms with Crippen LogP contribution in [0.5, 0.6) is 0 Å². The molecule has 3 heteroatoms. The molecule has 0 spiro atoms. The van der Waals surface area contributed by atoms with Crippen LogP contribution in [0.1, 0.15) is 38.5 Å². The smallest absolute Gasteiger partial charge is 0.309 e. The second-order valence-electron chi connectivity index (χ2n) is 4.50. The first-order valence-electron chi connectivity index (χ1n) is 5.62. The minimum absolute atomic E-state index is 0.0530. The van der Waals surface area contributed by atoms with Gasteiger partial charge in [0.05, 0.1) is 18.6 Å². The van der Waals surface area contributed by atoms with E-state index < -0.39 is 0 Å². The Hall–Kier alpha value is -0.570. The molecule has 1 saturated carbocycles. The third-order valence-corrected chi connectivity index (χ3v) is 3.50. The molecule has 0 aromatic heterocycles. The van der Waals surface area contributed by atoms with Crippen LogP contribution < -0.4 is 0 Å². The minimum atomic E-state index is -0.183. The standard InChI is InChI=1S/C11H18O3/c12-10-4-2-1-3-8(10)7-9-5-6-14-11(9)13/h8-10,12H,1-7H2/t8-,9+,10-/m1/s1. The molecule has 80 valence electrons. The molecule has 2 rings (SSSR count). The molecular weight excluding hydrogens is 180 g/mol. The average molecular weight is 198 g/mol. The van der Waals surface area contributed by atoms with Crippen molar-refractivity contribution in [3.05, 3.63) is 0 Å². The molecule has 0 bridgehead atoms. The lowest BCUT2D eigenvalue weighted by atomic mass is 9.80. The van der Waals surface area contributed by atoms with E-state index in [1.165, 1.54) is 6.42 Å². The molecule has 1 aliphatic carbocycles. The van der Waals surface area contributed by atoms with E-state index in [4.69, 9.17) is 4.74 Å². The van der Waals surface area contributed by atoms with Crippen LogP contribution in [0.25, 0.3) is 0 Å². The van der Waals surface area contributed by atoms with E-state index in [1.807, 2.05) is 0 Å². The van der Waals surface area contributed by atoms with Crippen LogP contribution in [-0.2, 0) is 9.53 Å². The van der Waals surface area contributed by atoms with Gasteiger partial charge in [0.2, 0.25) is 0 Å². The zero-order valence-electron chi connectivity index (χ0n) is 8.45. The lowest BCUT2D eigenvalue weighted by Gasteiger charge is -2.28. The van der Waals surface area contributed by atoms with Gasteiger partial charge in [-0.3, -0.25) is 4.79 Å². The van der Waals surface area contributed by atoms with Crippen molar-refractivity contribution in [1.29, 1.82) is 0 Å². The van der Waals surface area contributed by atoms with E-state index >= 15 is 0 Å². The maximum absolute atomic E-state index is 11.3. The van der Waals surface area contributed by atoms with Gasteiger partial charge >= 0.3 is 5.97 Å². The van der Waals surface area contributed by atoms with Gasteiger partial charge in [-0.05, 0) is 31.6 Å². The molecule has 0 radical (unpaired) electrons. The average Bonchev–Trinajstić information content (AvgIpc) is 2.56. The molecule has 0 amide bonds. The highest BCUT2D eigenvalue weighted by Gasteiger charge is 2.32. The van der Waals surface area contributed by atoms with Crippen molar-refractivity contribution in [2.24, 2.45) is 11.8 Å². The predicted octanol–water partition coefficient (Wildman–Crippen LogP) is 1.49. The van der Waals surface area contributed by atoms with Crippen molar-refractivity contribution in [3.8, 4) is 0 Å². The number of esters is 1. The zero-order valence-corrected chi connectivity index (χ0v) is 8.45. The van der Waals surface area contributed by atoms with Gasteiger partial charge in [0.1, 0.15) is 0 Å². The number of hydrogen-bond donors (Lipinski definition) is 1. The summed E-state index contributed by atoms with van der Waals surface area (Å²) < 4.78 is 4.92. The Kier molecular flexibility index (Phi) is 3.06. The number of hydrogen-bond acceptors (Lipinski definition) is 3. The lowest BCUT2D eigenvalue weighted by molar-refractivity contribution is -0.142. The molecule has 2 aliphatic rings. The van der Waals surface area contributed by atoms with Crippen molar-refractivity contribution in [2.75, 3.05) is 6.61 Å². The van der Waals surface area contributed by atoms with Crippen molar-refractivity contribution >= 4 is 5.97 Å². The summed E-state index contributed by atoms with van der Waals surface area (Å²) >= 11 is 0. The highest BCUT2D eigenvalue weighted by Crippen LogP contribution is 2.32. The monoisotopic (exact) mass is 198 g/mol. The highest BCUT2D eigenvalue weighted by atomic mass is 16.5. The molecule has 1 heterocycles. The molecule has 0 aromatic carbocycles. The summed E-state index contributed by atoms with van der Waals surface area (Å²) in [4.78, 5) is 11.3. The fourth-order valence-corrected chi connectivity index (χ4v) is 2.58. The Morgan fingerprint density at radius 3 is 2.71 bits per heavy atom.